The third-order valence-corrected chi connectivity index (χ3v) is 4.15. The molecule has 110 valence electrons. The van der Waals surface area contributed by atoms with Crippen LogP contribution in [0.15, 0.2) is 18.2 Å². The summed E-state index contributed by atoms with van der Waals surface area (Å²) in [6.45, 7) is 1.64. The van der Waals surface area contributed by atoms with Crippen LogP contribution in [0.5, 0.6) is 0 Å². The molecular weight excluding hydrogens is 257 g/mol. The monoisotopic (exact) mass is 279 g/mol. The molecule has 1 aromatic carbocycles. The minimum atomic E-state index is -0.494. The first-order valence-electron chi connectivity index (χ1n) is 7.50. The van der Waals surface area contributed by atoms with E-state index in [4.69, 9.17) is 4.74 Å². The van der Waals surface area contributed by atoms with E-state index in [0.29, 0.717) is 13.2 Å². The van der Waals surface area contributed by atoms with Crippen LogP contribution in [-0.4, -0.2) is 31.0 Å². The Morgan fingerprint density at radius 2 is 2.20 bits per heavy atom. The summed E-state index contributed by atoms with van der Waals surface area (Å²) in [4.78, 5) is 0. The van der Waals surface area contributed by atoms with E-state index < -0.39 is 6.10 Å². The van der Waals surface area contributed by atoms with Crippen LogP contribution in [0.4, 0.5) is 4.39 Å². The largest absolute Gasteiger partial charge is 0.389 e. The van der Waals surface area contributed by atoms with Crippen LogP contribution < -0.4 is 5.32 Å². The number of ether oxygens (including phenoxy) is 1. The van der Waals surface area contributed by atoms with Gasteiger partial charge in [0.2, 0.25) is 0 Å². The van der Waals surface area contributed by atoms with Crippen molar-refractivity contribution < 1.29 is 14.2 Å². The number of aryl methyl sites for hydroxylation is 1. The van der Waals surface area contributed by atoms with Crippen molar-refractivity contribution in [3.05, 3.63) is 35.1 Å². The van der Waals surface area contributed by atoms with E-state index in [-0.39, 0.29) is 11.9 Å². The summed E-state index contributed by atoms with van der Waals surface area (Å²) in [5, 5.41) is 13.2. The molecule has 0 saturated heterocycles. The van der Waals surface area contributed by atoms with Gasteiger partial charge >= 0.3 is 0 Å². The quantitative estimate of drug-likeness (QED) is 0.804. The van der Waals surface area contributed by atoms with E-state index in [9.17, 15) is 9.50 Å². The minimum absolute atomic E-state index is 0.152. The lowest BCUT2D eigenvalue weighted by Gasteiger charge is -2.17. The first-order valence-corrected chi connectivity index (χ1v) is 7.50. The zero-order valence-electron chi connectivity index (χ0n) is 11.6. The zero-order chi connectivity index (χ0) is 13.9. The van der Waals surface area contributed by atoms with Crippen molar-refractivity contribution in [2.45, 2.75) is 37.8 Å². The zero-order valence-corrected chi connectivity index (χ0v) is 11.6. The maximum atomic E-state index is 13.3. The van der Waals surface area contributed by atoms with Gasteiger partial charge in [0.15, 0.2) is 0 Å². The maximum Gasteiger partial charge on any atom is 0.123 e. The van der Waals surface area contributed by atoms with Crippen molar-refractivity contribution >= 4 is 0 Å². The van der Waals surface area contributed by atoms with Crippen molar-refractivity contribution in [3.8, 4) is 0 Å². The second kappa shape index (κ2) is 6.20. The second-order valence-corrected chi connectivity index (χ2v) is 5.98. The summed E-state index contributed by atoms with van der Waals surface area (Å²) in [5.41, 5.74) is 2.25. The maximum absolute atomic E-state index is 13.3. The molecule has 4 heteroatoms. The number of hydrogen-bond acceptors (Lipinski definition) is 3. The van der Waals surface area contributed by atoms with Crippen LogP contribution in [0.25, 0.3) is 0 Å². The van der Waals surface area contributed by atoms with E-state index in [1.165, 1.54) is 24.5 Å². The third kappa shape index (κ3) is 3.57. The number of aliphatic hydroxyl groups is 1. The standard InChI is InChI=1S/C16H22FNO2/c17-13-5-3-12-4-6-16(15(12)7-13)18-8-14(19)10-20-9-11-1-2-11/h3,5,7,11,14,16,18-19H,1-2,4,6,8-10H2/t14-,16+/m1/s1. The summed E-state index contributed by atoms with van der Waals surface area (Å²) in [7, 11) is 0. The van der Waals surface area contributed by atoms with Crippen molar-refractivity contribution in [1.29, 1.82) is 0 Å². The van der Waals surface area contributed by atoms with Crippen LogP contribution in [0.2, 0.25) is 0 Å². The lowest BCUT2D eigenvalue weighted by Crippen LogP contribution is -2.32. The van der Waals surface area contributed by atoms with Gasteiger partial charge in [-0.2, -0.15) is 0 Å². The first kappa shape index (κ1) is 14.0. The predicted molar refractivity (Wildman–Crippen MR) is 75.0 cm³/mol. The molecule has 2 aliphatic carbocycles. The van der Waals surface area contributed by atoms with Gasteiger partial charge in [-0.15, -0.1) is 0 Å². The summed E-state index contributed by atoms with van der Waals surface area (Å²) >= 11 is 0. The molecule has 2 atom stereocenters. The van der Waals surface area contributed by atoms with Gasteiger partial charge in [0.1, 0.15) is 5.82 Å². The summed E-state index contributed by atoms with van der Waals surface area (Å²) < 4.78 is 18.8. The Hall–Kier alpha value is -0.970. The van der Waals surface area contributed by atoms with Gasteiger partial charge in [-0.1, -0.05) is 6.07 Å². The lowest BCUT2D eigenvalue weighted by molar-refractivity contribution is 0.0312. The fourth-order valence-corrected chi connectivity index (χ4v) is 2.78. The molecule has 1 saturated carbocycles. The normalized spacial score (nSPS) is 22.8. The highest BCUT2D eigenvalue weighted by Gasteiger charge is 2.24. The van der Waals surface area contributed by atoms with E-state index in [1.807, 2.05) is 6.07 Å². The highest BCUT2D eigenvalue weighted by Crippen LogP contribution is 2.31. The van der Waals surface area contributed by atoms with Gasteiger partial charge in [0.25, 0.3) is 0 Å². The Balaban J connectivity index is 1.43. The van der Waals surface area contributed by atoms with Gasteiger partial charge in [-0.25, -0.2) is 4.39 Å². The molecule has 0 bridgehead atoms. The number of nitrogens with one attached hydrogen (secondary N) is 1. The molecular formula is C16H22FNO2. The summed E-state index contributed by atoms with van der Waals surface area (Å²) in [6, 6.07) is 5.14. The topological polar surface area (TPSA) is 41.5 Å². The smallest absolute Gasteiger partial charge is 0.123 e. The molecule has 0 aliphatic heterocycles. The summed E-state index contributed by atoms with van der Waals surface area (Å²) in [5.74, 6) is 0.533. The molecule has 1 fully saturated rings. The van der Waals surface area contributed by atoms with Gasteiger partial charge in [0.05, 0.1) is 12.7 Å². The molecule has 0 heterocycles. The van der Waals surface area contributed by atoms with E-state index in [1.54, 1.807) is 6.07 Å². The summed E-state index contributed by atoms with van der Waals surface area (Å²) in [6.07, 6.45) is 3.97. The fourth-order valence-electron chi connectivity index (χ4n) is 2.78. The highest BCUT2D eigenvalue weighted by atomic mass is 19.1. The number of aliphatic hydroxyl groups excluding tert-OH is 1. The Bertz CT molecular complexity index is 462. The molecule has 1 aromatic rings. The average Bonchev–Trinajstić information content (AvgIpc) is 3.16. The highest BCUT2D eigenvalue weighted by molar-refractivity contribution is 5.34. The van der Waals surface area contributed by atoms with Gasteiger partial charge < -0.3 is 15.2 Å². The molecule has 0 aromatic heterocycles. The van der Waals surface area contributed by atoms with Crippen molar-refractivity contribution in [2.75, 3.05) is 19.8 Å². The third-order valence-electron chi connectivity index (χ3n) is 4.15. The van der Waals surface area contributed by atoms with E-state index in [2.05, 4.69) is 5.32 Å². The second-order valence-electron chi connectivity index (χ2n) is 5.98. The molecule has 0 spiro atoms. The fraction of sp³-hybridized carbons (Fsp3) is 0.625. The number of fused-ring (bicyclic) bond motifs is 1. The van der Waals surface area contributed by atoms with Crippen LogP contribution >= 0.6 is 0 Å². The van der Waals surface area contributed by atoms with Crippen LogP contribution in [0.3, 0.4) is 0 Å². The Morgan fingerprint density at radius 1 is 1.35 bits per heavy atom. The van der Waals surface area contributed by atoms with Crippen LogP contribution in [-0.2, 0) is 11.2 Å². The van der Waals surface area contributed by atoms with Crippen molar-refractivity contribution in [1.82, 2.24) is 5.32 Å². The van der Waals surface area contributed by atoms with Gasteiger partial charge in [0, 0.05) is 19.2 Å². The van der Waals surface area contributed by atoms with Crippen LogP contribution in [0.1, 0.15) is 36.4 Å². The Labute approximate surface area is 119 Å². The van der Waals surface area contributed by atoms with E-state index in [0.717, 1.165) is 30.9 Å². The Kier molecular flexibility index (Phi) is 4.34. The van der Waals surface area contributed by atoms with Gasteiger partial charge in [-0.3, -0.25) is 0 Å². The number of benzene rings is 1. The molecule has 0 radical (unpaired) electrons. The Morgan fingerprint density at radius 3 is 3.00 bits per heavy atom. The average molecular weight is 279 g/mol. The number of rotatable bonds is 7. The first-order chi connectivity index (χ1) is 9.72. The molecule has 3 nitrogen and oxygen atoms in total. The van der Waals surface area contributed by atoms with Crippen LogP contribution in [0, 0.1) is 11.7 Å². The molecule has 2 aliphatic rings. The molecule has 0 unspecified atom stereocenters. The molecule has 3 rings (SSSR count). The van der Waals surface area contributed by atoms with E-state index >= 15 is 0 Å². The molecule has 20 heavy (non-hydrogen) atoms. The van der Waals surface area contributed by atoms with Crippen molar-refractivity contribution in [2.24, 2.45) is 5.92 Å². The predicted octanol–water partition coefficient (Wildman–Crippen LogP) is 2.19. The SMILES string of the molecule is O[C@H](CN[C@H]1CCc2ccc(F)cc21)COCC1CC1. The number of hydrogen-bond donors (Lipinski definition) is 2. The van der Waals surface area contributed by atoms with Gasteiger partial charge in [-0.05, 0) is 54.9 Å². The molecule has 0 amide bonds. The lowest BCUT2D eigenvalue weighted by atomic mass is 10.1. The number of halogens is 1. The van der Waals surface area contributed by atoms with Crippen molar-refractivity contribution in [3.63, 3.8) is 0 Å². The minimum Gasteiger partial charge on any atom is -0.389 e. The molecule has 2 N–H and O–H groups in total.